The van der Waals surface area contributed by atoms with E-state index in [1.165, 1.54) is 12.1 Å². The van der Waals surface area contributed by atoms with E-state index in [4.69, 9.17) is 9.16 Å². The van der Waals surface area contributed by atoms with Gasteiger partial charge in [-0.25, -0.2) is 4.79 Å². The highest BCUT2D eigenvalue weighted by Crippen LogP contribution is 2.37. The molecule has 1 amide bonds. The number of nitro benzene ring substituents is 1. The van der Waals surface area contributed by atoms with E-state index in [-0.39, 0.29) is 23.9 Å². The Morgan fingerprint density at radius 3 is 2.42 bits per heavy atom. The molecule has 1 aliphatic rings. The molecule has 0 aromatic heterocycles. The highest BCUT2D eigenvalue weighted by molar-refractivity contribution is 6.48. The number of hydrogen-bond donors (Lipinski definition) is 0. The predicted molar refractivity (Wildman–Crippen MR) is 101 cm³/mol. The lowest BCUT2D eigenvalue weighted by atomic mass is 9.80. The Balaban J connectivity index is 2.00. The highest BCUT2D eigenvalue weighted by Gasteiger charge is 2.41. The summed E-state index contributed by atoms with van der Waals surface area (Å²) < 4.78 is 11.5. The maximum atomic E-state index is 12.6. The summed E-state index contributed by atoms with van der Waals surface area (Å²) in [6.07, 6.45) is 0.200. The molecule has 1 saturated heterocycles. The smallest absolute Gasteiger partial charge is 0.412 e. The number of non-ortho nitro benzene ring substituents is 1. The van der Waals surface area contributed by atoms with Gasteiger partial charge in [-0.1, -0.05) is 20.8 Å². The molecule has 1 aliphatic heterocycles. The Hall–Kier alpha value is -1.93. The minimum atomic E-state index is -1.29. The molecule has 144 valence electrons. The second-order valence-corrected chi connectivity index (χ2v) is 10.4. The zero-order valence-electron chi connectivity index (χ0n) is 16.1. The standard InChI is InChI=1S/C18H28N2O5Si/c1-18(2,3)14-10-16(25-26(4)5)19(11-14)17(21)24-12-13-6-8-15(9-7-13)20(22)23/h6-9,14,16,26H,10-12H2,1-5H3/t14-,16-/m0/s1. The van der Waals surface area contributed by atoms with Gasteiger partial charge in [-0.2, -0.15) is 0 Å². The van der Waals surface area contributed by atoms with E-state index in [0.29, 0.717) is 18.0 Å². The molecule has 0 radical (unpaired) electrons. The number of rotatable bonds is 5. The third kappa shape index (κ3) is 5.28. The van der Waals surface area contributed by atoms with Crippen molar-refractivity contribution in [3.63, 3.8) is 0 Å². The summed E-state index contributed by atoms with van der Waals surface area (Å²) in [5, 5.41) is 10.7. The van der Waals surface area contributed by atoms with Crippen molar-refractivity contribution in [3.8, 4) is 0 Å². The largest absolute Gasteiger partial charge is 0.444 e. The second-order valence-electron chi connectivity index (χ2n) is 8.07. The molecule has 26 heavy (non-hydrogen) atoms. The minimum Gasteiger partial charge on any atom is -0.444 e. The fourth-order valence-electron chi connectivity index (χ4n) is 3.00. The molecule has 0 spiro atoms. The van der Waals surface area contributed by atoms with Gasteiger partial charge >= 0.3 is 6.09 Å². The number of carbonyl (C=O) groups is 1. The van der Waals surface area contributed by atoms with E-state index in [2.05, 4.69) is 33.9 Å². The van der Waals surface area contributed by atoms with E-state index in [9.17, 15) is 14.9 Å². The molecule has 1 fully saturated rings. The van der Waals surface area contributed by atoms with E-state index in [0.717, 1.165) is 6.42 Å². The molecule has 0 saturated carbocycles. The number of benzene rings is 1. The van der Waals surface area contributed by atoms with Gasteiger partial charge in [-0.3, -0.25) is 15.0 Å². The first-order valence-electron chi connectivity index (χ1n) is 8.90. The Bertz CT molecular complexity index is 642. The molecule has 0 aliphatic carbocycles. The van der Waals surface area contributed by atoms with Crippen LogP contribution in [0.5, 0.6) is 0 Å². The monoisotopic (exact) mass is 380 g/mol. The summed E-state index contributed by atoms with van der Waals surface area (Å²) in [6, 6.07) is 6.01. The van der Waals surface area contributed by atoms with Crippen molar-refractivity contribution in [2.24, 2.45) is 11.3 Å². The third-order valence-electron chi connectivity index (χ3n) is 4.65. The quantitative estimate of drug-likeness (QED) is 0.439. The van der Waals surface area contributed by atoms with Crippen molar-refractivity contribution >= 4 is 20.8 Å². The van der Waals surface area contributed by atoms with Crippen LogP contribution in [-0.2, 0) is 15.8 Å². The van der Waals surface area contributed by atoms with Gasteiger partial charge in [-0.05, 0) is 48.5 Å². The van der Waals surface area contributed by atoms with Crippen LogP contribution in [0.1, 0.15) is 32.8 Å². The van der Waals surface area contributed by atoms with Crippen molar-refractivity contribution < 1.29 is 18.9 Å². The van der Waals surface area contributed by atoms with Crippen LogP contribution in [-0.4, -0.2) is 37.7 Å². The predicted octanol–water partition coefficient (Wildman–Crippen LogP) is 3.93. The lowest BCUT2D eigenvalue weighted by Crippen LogP contribution is -2.39. The average molecular weight is 381 g/mol. The van der Waals surface area contributed by atoms with E-state index >= 15 is 0 Å². The Labute approximate surface area is 156 Å². The van der Waals surface area contributed by atoms with Gasteiger partial charge in [0, 0.05) is 18.7 Å². The lowest BCUT2D eigenvalue weighted by molar-refractivity contribution is -0.384. The molecular formula is C18H28N2O5Si. The van der Waals surface area contributed by atoms with Crippen molar-refractivity contribution in [2.45, 2.75) is 53.1 Å². The van der Waals surface area contributed by atoms with Crippen LogP contribution < -0.4 is 0 Å². The topological polar surface area (TPSA) is 81.9 Å². The number of amides is 1. The summed E-state index contributed by atoms with van der Waals surface area (Å²) in [7, 11) is -1.29. The van der Waals surface area contributed by atoms with Crippen LogP contribution in [0.2, 0.25) is 13.1 Å². The van der Waals surface area contributed by atoms with Crippen LogP contribution in [0.4, 0.5) is 10.5 Å². The summed E-state index contributed by atoms with van der Waals surface area (Å²) >= 11 is 0. The van der Waals surface area contributed by atoms with Crippen molar-refractivity contribution in [1.29, 1.82) is 0 Å². The number of ether oxygens (including phenoxy) is 1. The Morgan fingerprint density at radius 2 is 1.92 bits per heavy atom. The molecule has 0 bridgehead atoms. The summed E-state index contributed by atoms with van der Waals surface area (Å²) in [6.45, 7) is 11.4. The Morgan fingerprint density at radius 1 is 1.31 bits per heavy atom. The minimum absolute atomic E-state index is 0.0167. The van der Waals surface area contributed by atoms with Gasteiger partial charge in [0.15, 0.2) is 9.04 Å². The first kappa shape index (κ1) is 20.4. The van der Waals surface area contributed by atoms with E-state index in [1.54, 1.807) is 17.0 Å². The molecule has 0 unspecified atom stereocenters. The van der Waals surface area contributed by atoms with Crippen molar-refractivity contribution in [1.82, 2.24) is 4.90 Å². The average Bonchev–Trinajstić information content (AvgIpc) is 2.96. The molecular weight excluding hydrogens is 352 g/mol. The van der Waals surface area contributed by atoms with Gasteiger partial charge in [0.05, 0.1) is 4.92 Å². The molecule has 2 rings (SSSR count). The third-order valence-corrected chi connectivity index (χ3v) is 5.51. The zero-order valence-corrected chi connectivity index (χ0v) is 17.3. The van der Waals surface area contributed by atoms with Crippen LogP contribution >= 0.6 is 0 Å². The summed E-state index contributed by atoms with van der Waals surface area (Å²) in [5.74, 6) is 0.354. The SMILES string of the molecule is C[SiH](C)O[C@H]1C[C@H](C(C)(C)C)CN1C(=O)OCc1ccc([N+](=O)[O-])cc1. The second kappa shape index (κ2) is 8.18. The highest BCUT2D eigenvalue weighted by atomic mass is 28.3. The molecule has 7 nitrogen and oxygen atoms in total. The molecule has 0 N–H and O–H groups in total. The van der Waals surface area contributed by atoms with Gasteiger partial charge in [-0.15, -0.1) is 0 Å². The number of hydrogen-bond acceptors (Lipinski definition) is 5. The number of nitrogens with zero attached hydrogens (tertiary/aromatic N) is 2. The van der Waals surface area contributed by atoms with Gasteiger partial charge < -0.3 is 9.16 Å². The van der Waals surface area contributed by atoms with E-state index in [1.807, 2.05) is 0 Å². The van der Waals surface area contributed by atoms with Crippen LogP contribution in [0.3, 0.4) is 0 Å². The number of likely N-dealkylation sites (tertiary alicyclic amines) is 1. The maximum absolute atomic E-state index is 12.6. The summed E-state index contributed by atoms with van der Waals surface area (Å²) in [4.78, 5) is 24.5. The molecule has 1 heterocycles. The molecule has 1 aromatic carbocycles. The first-order valence-corrected chi connectivity index (χ1v) is 11.7. The van der Waals surface area contributed by atoms with Crippen molar-refractivity contribution in [3.05, 3.63) is 39.9 Å². The van der Waals surface area contributed by atoms with Crippen LogP contribution in [0.15, 0.2) is 24.3 Å². The van der Waals surface area contributed by atoms with E-state index < -0.39 is 20.1 Å². The van der Waals surface area contributed by atoms with Crippen molar-refractivity contribution in [2.75, 3.05) is 6.54 Å². The lowest BCUT2D eigenvalue weighted by Gasteiger charge is -2.26. The molecule has 8 heteroatoms. The zero-order chi connectivity index (χ0) is 19.5. The van der Waals surface area contributed by atoms with Gasteiger partial charge in [0.1, 0.15) is 12.8 Å². The van der Waals surface area contributed by atoms with Crippen LogP contribution in [0.25, 0.3) is 0 Å². The number of carbonyl (C=O) groups excluding carboxylic acids is 1. The van der Waals surface area contributed by atoms with Crippen LogP contribution in [0, 0.1) is 21.4 Å². The van der Waals surface area contributed by atoms with Gasteiger partial charge in [0.25, 0.3) is 5.69 Å². The number of nitro groups is 1. The Kier molecular flexibility index (Phi) is 6.41. The fourth-order valence-corrected chi connectivity index (χ4v) is 3.89. The summed E-state index contributed by atoms with van der Waals surface area (Å²) in [5.41, 5.74) is 0.822. The van der Waals surface area contributed by atoms with Gasteiger partial charge in [0.2, 0.25) is 0 Å². The first-order chi connectivity index (χ1) is 12.1. The normalized spacial score (nSPS) is 20.5. The fraction of sp³-hybridized carbons (Fsp3) is 0.611. The molecule has 2 atom stereocenters. The molecule has 1 aromatic rings. The maximum Gasteiger partial charge on any atom is 0.412 e.